The number of ether oxygens (including phenoxy) is 3. The number of piperazine rings is 1. The highest BCUT2D eigenvalue weighted by atomic mass is 16.5. The lowest BCUT2D eigenvalue weighted by atomic mass is 9.56. The summed E-state index contributed by atoms with van der Waals surface area (Å²) in [5.41, 5.74) is 6.25. The SMILES string of the molecule is [B]C([B])(c1ccc(OC)c(OC)c1)N1CCN(C2CC3(CCN(c4ccc(C=O)c(Oc5cnc6[nH]ccc6c5)c4)CC3)C2)C(c2ccccc2C(C)C)C1. The number of anilines is 1. The van der Waals surface area contributed by atoms with Gasteiger partial charge in [0.05, 0.1) is 41.7 Å². The Labute approximate surface area is 327 Å². The molecule has 4 radical (unpaired) electrons. The lowest BCUT2D eigenvalue weighted by molar-refractivity contribution is -0.0661. The van der Waals surface area contributed by atoms with Gasteiger partial charge < -0.3 is 29.0 Å². The average molecular weight is 734 g/mol. The fourth-order valence-corrected chi connectivity index (χ4v) is 9.28. The number of aromatic nitrogens is 2. The Kier molecular flexibility index (Phi) is 10.2. The molecule has 4 heterocycles. The number of piperidine rings is 1. The molecule has 11 heteroatoms. The minimum absolute atomic E-state index is 0.157. The van der Waals surface area contributed by atoms with E-state index in [0.29, 0.717) is 45.9 Å². The summed E-state index contributed by atoms with van der Waals surface area (Å²) in [5.74, 6) is 2.80. The minimum atomic E-state index is -1.19. The van der Waals surface area contributed by atoms with Crippen LogP contribution in [-0.2, 0) is 5.34 Å². The first-order valence-corrected chi connectivity index (χ1v) is 19.5. The lowest BCUT2D eigenvalue weighted by Gasteiger charge is -2.59. The number of aldehydes is 1. The molecular weight excluding hydrogens is 684 g/mol. The summed E-state index contributed by atoms with van der Waals surface area (Å²) in [6, 6.07) is 25.0. The van der Waals surface area contributed by atoms with Crippen molar-refractivity contribution in [1.29, 1.82) is 0 Å². The van der Waals surface area contributed by atoms with Crippen LogP contribution in [0.1, 0.15) is 78.5 Å². The molecule has 1 spiro atoms. The molecule has 5 aromatic rings. The van der Waals surface area contributed by atoms with Gasteiger partial charge in [-0.15, -0.1) is 0 Å². The highest BCUT2D eigenvalue weighted by Gasteiger charge is 2.50. The number of nitrogens with zero attached hydrogens (tertiary/aromatic N) is 4. The van der Waals surface area contributed by atoms with E-state index in [1.165, 1.54) is 24.0 Å². The highest BCUT2D eigenvalue weighted by molar-refractivity contribution is 6.39. The number of H-pyrrole nitrogens is 1. The van der Waals surface area contributed by atoms with Crippen molar-refractivity contribution in [2.75, 3.05) is 51.8 Å². The number of hydrogen-bond acceptors (Lipinski definition) is 8. The van der Waals surface area contributed by atoms with Gasteiger partial charge in [0.25, 0.3) is 0 Å². The number of hydrogen-bond donors (Lipinski definition) is 1. The van der Waals surface area contributed by atoms with E-state index in [4.69, 9.17) is 29.9 Å². The van der Waals surface area contributed by atoms with Crippen LogP contribution in [0.15, 0.2) is 85.2 Å². The van der Waals surface area contributed by atoms with Crippen molar-refractivity contribution >= 4 is 38.7 Å². The van der Waals surface area contributed by atoms with Crippen molar-refractivity contribution in [3.05, 3.63) is 107 Å². The van der Waals surface area contributed by atoms with Gasteiger partial charge in [0, 0.05) is 68.1 Å². The van der Waals surface area contributed by atoms with Crippen LogP contribution in [0.3, 0.4) is 0 Å². The highest BCUT2D eigenvalue weighted by Crippen LogP contribution is 2.53. The van der Waals surface area contributed by atoms with Gasteiger partial charge >= 0.3 is 0 Å². The van der Waals surface area contributed by atoms with E-state index < -0.39 is 5.34 Å². The normalized spacial score (nSPS) is 19.4. The van der Waals surface area contributed by atoms with Crippen LogP contribution in [0, 0.1) is 5.41 Å². The number of fused-ring (bicyclic) bond motifs is 1. The molecule has 3 aromatic carbocycles. The maximum atomic E-state index is 12.0. The molecule has 280 valence electrons. The molecule has 3 fully saturated rings. The van der Waals surface area contributed by atoms with Crippen LogP contribution in [0.4, 0.5) is 5.69 Å². The molecule has 3 aliphatic rings. The van der Waals surface area contributed by atoms with Crippen LogP contribution >= 0.6 is 0 Å². The predicted molar refractivity (Wildman–Crippen MR) is 219 cm³/mol. The quantitative estimate of drug-likeness (QED) is 0.110. The second-order valence-corrected chi connectivity index (χ2v) is 16.0. The van der Waals surface area contributed by atoms with Crippen LogP contribution < -0.4 is 19.1 Å². The second kappa shape index (κ2) is 15.1. The van der Waals surface area contributed by atoms with E-state index in [0.717, 1.165) is 74.1 Å². The average Bonchev–Trinajstić information content (AvgIpc) is 3.67. The van der Waals surface area contributed by atoms with Crippen molar-refractivity contribution in [2.24, 2.45) is 5.41 Å². The van der Waals surface area contributed by atoms with Gasteiger partial charge in [-0.05, 0) is 95.4 Å². The third-order valence-corrected chi connectivity index (χ3v) is 12.5. The summed E-state index contributed by atoms with van der Waals surface area (Å²) >= 11 is 0. The zero-order chi connectivity index (χ0) is 38.3. The zero-order valence-corrected chi connectivity index (χ0v) is 32.3. The van der Waals surface area contributed by atoms with E-state index in [9.17, 15) is 4.79 Å². The van der Waals surface area contributed by atoms with Gasteiger partial charge in [0.1, 0.15) is 17.1 Å². The van der Waals surface area contributed by atoms with E-state index >= 15 is 0 Å². The molecule has 1 saturated carbocycles. The predicted octanol–water partition coefficient (Wildman–Crippen LogP) is 7.56. The minimum Gasteiger partial charge on any atom is -0.493 e. The number of benzene rings is 3. The van der Waals surface area contributed by atoms with E-state index in [2.05, 4.69) is 62.8 Å². The third kappa shape index (κ3) is 7.13. The molecule has 0 amide bonds. The molecule has 1 unspecified atom stereocenters. The summed E-state index contributed by atoms with van der Waals surface area (Å²) < 4.78 is 17.3. The third-order valence-electron chi connectivity index (χ3n) is 12.5. The first-order chi connectivity index (χ1) is 26.6. The Morgan fingerprint density at radius 3 is 2.44 bits per heavy atom. The number of nitrogens with one attached hydrogen (secondary N) is 1. The molecule has 1 N–H and O–H groups in total. The maximum Gasteiger partial charge on any atom is 0.160 e. The summed E-state index contributed by atoms with van der Waals surface area (Å²) in [4.78, 5) is 26.9. The van der Waals surface area contributed by atoms with Gasteiger partial charge in [-0.1, -0.05) is 44.2 Å². The lowest BCUT2D eigenvalue weighted by Crippen LogP contribution is -2.63. The first kappa shape index (κ1) is 37.2. The van der Waals surface area contributed by atoms with Crippen molar-refractivity contribution in [1.82, 2.24) is 19.8 Å². The molecule has 8 rings (SSSR count). The largest absolute Gasteiger partial charge is 0.493 e. The molecule has 1 atom stereocenters. The fourth-order valence-electron chi connectivity index (χ4n) is 9.28. The number of carbonyl (C=O) groups is 1. The van der Waals surface area contributed by atoms with Crippen LogP contribution in [-0.4, -0.2) is 94.7 Å². The Morgan fingerprint density at radius 2 is 1.69 bits per heavy atom. The first-order valence-electron chi connectivity index (χ1n) is 19.5. The molecule has 2 aromatic heterocycles. The number of aromatic amines is 1. The fraction of sp³-hybridized carbons (Fsp3) is 0.409. The second-order valence-electron chi connectivity index (χ2n) is 16.0. The number of methoxy groups -OCH3 is 2. The van der Waals surface area contributed by atoms with E-state index in [1.54, 1.807) is 20.4 Å². The molecule has 9 nitrogen and oxygen atoms in total. The number of rotatable bonds is 11. The Morgan fingerprint density at radius 1 is 0.909 bits per heavy atom. The Balaban J connectivity index is 0.968. The maximum absolute atomic E-state index is 12.0. The van der Waals surface area contributed by atoms with Gasteiger partial charge in [0.2, 0.25) is 0 Å². The topological polar surface area (TPSA) is 83.2 Å². The molecular formula is C44H49B2N5O4. The van der Waals surface area contributed by atoms with Crippen molar-refractivity contribution < 1.29 is 19.0 Å². The molecule has 1 aliphatic carbocycles. The zero-order valence-electron chi connectivity index (χ0n) is 32.3. The summed E-state index contributed by atoms with van der Waals surface area (Å²) in [6.45, 7) is 8.84. The Bertz CT molecular complexity index is 2160. The smallest absolute Gasteiger partial charge is 0.160 e. The number of carbonyl (C=O) groups excluding carboxylic acids is 1. The summed E-state index contributed by atoms with van der Waals surface area (Å²) in [7, 11) is 17.3. The van der Waals surface area contributed by atoms with Crippen LogP contribution in [0.2, 0.25) is 0 Å². The van der Waals surface area contributed by atoms with Crippen molar-refractivity contribution in [3.8, 4) is 23.0 Å². The van der Waals surface area contributed by atoms with Crippen LogP contribution in [0.25, 0.3) is 11.0 Å². The van der Waals surface area contributed by atoms with E-state index in [-0.39, 0.29) is 6.04 Å². The van der Waals surface area contributed by atoms with Crippen molar-refractivity contribution in [3.63, 3.8) is 0 Å². The molecule has 0 bridgehead atoms. The molecule has 2 saturated heterocycles. The van der Waals surface area contributed by atoms with Gasteiger partial charge in [0.15, 0.2) is 17.8 Å². The monoisotopic (exact) mass is 733 g/mol. The standard InChI is InChI=1S/C44H49B2N5O4/c1-29(2)36-7-5-6-8-37(36)38-27-50(44(45,46)32-10-12-39(53-3)41(22-32)54-4)19-20-51(38)34-24-43(25-34)14-17-49(18-15-43)33-11-9-31(28-52)40(23-33)55-35-21-30-13-16-47-42(30)48-26-35/h5-13,16,21-23,26,28-29,34,38H,14-15,17-20,24-25,27H2,1-4H3,(H,47,48). The van der Waals surface area contributed by atoms with Gasteiger partial charge in [-0.2, -0.15) is 0 Å². The van der Waals surface area contributed by atoms with Crippen molar-refractivity contribution in [2.45, 2.75) is 62.9 Å². The van der Waals surface area contributed by atoms with Gasteiger partial charge in [-0.25, -0.2) is 4.98 Å². The Hall–Kier alpha value is -4.73. The molecule has 55 heavy (non-hydrogen) atoms. The van der Waals surface area contributed by atoms with E-state index in [1.807, 2.05) is 54.7 Å². The number of pyridine rings is 1. The van der Waals surface area contributed by atoms with Crippen LogP contribution in [0.5, 0.6) is 23.0 Å². The van der Waals surface area contributed by atoms with Gasteiger partial charge in [-0.3, -0.25) is 9.69 Å². The summed E-state index contributed by atoms with van der Waals surface area (Å²) in [5, 5.41) is -0.230. The molecule has 2 aliphatic heterocycles. The summed E-state index contributed by atoms with van der Waals surface area (Å²) in [6.07, 6.45) is 9.01.